The molecular weight excluding hydrogens is 272 g/mol. The minimum Gasteiger partial charge on any atom is -0.497 e. The van der Waals surface area contributed by atoms with Crippen molar-refractivity contribution in [1.82, 2.24) is 0 Å². The Balaban J connectivity index is 2.00. The first-order valence-corrected chi connectivity index (χ1v) is 7.70. The van der Waals surface area contributed by atoms with Gasteiger partial charge >= 0.3 is 0 Å². The van der Waals surface area contributed by atoms with Crippen molar-refractivity contribution in [3.63, 3.8) is 0 Å². The number of aliphatic imine (C=N–C) groups is 1. The highest BCUT2D eigenvalue weighted by Gasteiger charge is 2.20. The first kappa shape index (κ1) is 15.0. The van der Waals surface area contributed by atoms with Gasteiger partial charge in [-0.25, -0.2) is 0 Å². The Hall–Kier alpha value is -1.36. The van der Waals surface area contributed by atoms with Gasteiger partial charge in [0.25, 0.3) is 0 Å². The van der Waals surface area contributed by atoms with E-state index in [2.05, 4.69) is 24.2 Å². The average molecular weight is 294 g/mol. The fourth-order valence-electron chi connectivity index (χ4n) is 2.14. The quantitative estimate of drug-likeness (QED) is 0.900. The van der Waals surface area contributed by atoms with Crippen LogP contribution < -0.4 is 14.8 Å². The molecule has 1 aromatic rings. The third-order valence-electron chi connectivity index (χ3n) is 3.05. The number of hydrogen-bond donors (Lipinski definition) is 1. The van der Waals surface area contributed by atoms with Crippen LogP contribution in [0.15, 0.2) is 23.2 Å². The van der Waals surface area contributed by atoms with E-state index in [0.29, 0.717) is 11.2 Å². The molecular formula is C15H22N2O2S. The first-order chi connectivity index (χ1) is 9.60. The lowest BCUT2D eigenvalue weighted by Crippen LogP contribution is -2.09. The number of thioether (sulfide) groups is 1. The number of benzene rings is 1. The van der Waals surface area contributed by atoms with Crippen LogP contribution in [-0.2, 0) is 0 Å². The summed E-state index contributed by atoms with van der Waals surface area (Å²) in [5.41, 5.74) is 0.942. The van der Waals surface area contributed by atoms with Crippen LogP contribution in [0.1, 0.15) is 20.3 Å². The number of methoxy groups -OCH3 is 2. The van der Waals surface area contributed by atoms with Gasteiger partial charge in [-0.3, -0.25) is 4.99 Å². The van der Waals surface area contributed by atoms with Crippen molar-refractivity contribution in [2.75, 3.05) is 26.1 Å². The summed E-state index contributed by atoms with van der Waals surface area (Å²) in [4.78, 5) is 4.56. The molecule has 1 heterocycles. The van der Waals surface area contributed by atoms with Crippen LogP contribution in [0.2, 0.25) is 0 Å². The molecule has 1 N–H and O–H groups in total. The topological polar surface area (TPSA) is 42.8 Å². The molecule has 1 aliphatic rings. The maximum Gasteiger partial charge on any atom is 0.161 e. The van der Waals surface area contributed by atoms with E-state index < -0.39 is 0 Å². The third kappa shape index (κ3) is 4.07. The average Bonchev–Trinajstić information content (AvgIpc) is 2.84. The third-order valence-corrected chi connectivity index (χ3v) is 4.18. The number of amidine groups is 1. The van der Waals surface area contributed by atoms with Gasteiger partial charge in [0, 0.05) is 29.1 Å². The molecule has 110 valence electrons. The van der Waals surface area contributed by atoms with Crippen molar-refractivity contribution >= 4 is 22.6 Å². The Labute approximate surface area is 125 Å². The fourth-order valence-corrected chi connectivity index (χ4v) is 3.41. The van der Waals surface area contributed by atoms with Crippen molar-refractivity contribution in [2.45, 2.75) is 25.5 Å². The molecule has 0 radical (unpaired) electrons. The van der Waals surface area contributed by atoms with Crippen molar-refractivity contribution < 1.29 is 9.47 Å². The van der Waals surface area contributed by atoms with E-state index in [1.165, 1.54) is 6.42 Å². The minimum atomic E-state index is 0.588. The molecule has 5 heteroatoms. The predicted molar refractivity (Wildman–Crippen MR) is 86.3 cm³/mol. The van der Waals surface area contributed by atoms with Crippen LogP contribution in [0.3, 0.4) is 0 Å². The summed E-state index contributed by atoms with van der Waals surface area (Å²) in [5.74, 6) is 2.25. The van der Waals surface area contributed by atoms with Gasteiger partial charge in [-0.1, -0.05) is 25.6 Å². The summed E-state index contributed by atoms with van der Waals surface area (Å²) in [6.45, 7) is 5.39. The first-order valence-electron chi connectivity index (χ1n) is 6.82. The number of ether oxygens (including phenoxy) is 2. The van der Waals surface area contributed by atoms with E-state index in [0.717, 1.165) is 28.9 Å². The maximum absolute atomic E-state index is 5.27. The zero-order chi connectivity index (χ0) is 14.5. The van der Waals surface area contributed by atoms with E-state index >= 15 is 0 Å². The van der Waals surface area contributed by atoms with E-state index in [1.54, 1.807) is 14.2 Å². The van der Waals surface area contributed by atoms with Crippen LogP contribution in [-0.4, -0.2) is 31.2 Å². The SMILES string of the molecule is COc1cc(NC2=NCC(CC(C)C)S2)cc(OC)c1. The van der Waals surface area contributed by atoms with Crippen LogP contribution in [0, 0.1) is 5.92 Å². The molecule has 1 atom stereocenters. The highest BCUT2D eigenvalue weighted by molar-refractivity contribution is 8.15. The molecule has 4 nitrogen and oxygen atoms in total. The molecule has 1 aliphatic heterocycles. The van der Waals surface area contributed by atoms with Gasteiger partial charge in [0.1, 0.15) is 11.5 Å². The zero-order valence-corrected chi connectivity index (χ0v) is 13.3. The molecule has 0 spiro atoms. The van der Waals surface area contributed by atoms with E-state index in [1.807, 2.05) is 30.0 Å². The Bertz CT molecular complexity index is 467. The van der Waals surface area contributed by atoms with Crippen LogP contribution in [0.5, 0.6) is 11.5 Å². The molecule has 1 unspecified atom stereocenters. The van der Waals surface area contributed by atoms with Crippen molar-refractivity contribution in [2.24, 2.45) is 10.9 Å². The lowest BCUT2D eigenvalue weighted by atomic mass is 10.1. The van der Waals surface area contributed by atoms with E-state index in [9.17, 15) is 0 Å². The second-order valence-corrected chi connectivity index (χ2v) is 6.53. The lowest BCUT2D eigenvalue weighted by molar-refractivity contribution is 0.395. The van der Waals surface area contributed by atoms with Crippen LogP contribution in [0.25, 0.3) is 0 Å². The highest BCUT2D eigenvalue weighted by atomic mass is 32.2. The Kier molecular flexibility index (Phi) is 5.17. The summed E-state index contributed by atoms with van der Waals surface area (Å²) in [7, 11) is 3.30. The predicted octanol–water partition coefficient (Wildman–Crippen LogP) is 3.63. The normalized spacial score (nSPS) is 18.1. The lowest BCUT2D eigenvalue weighted by Gasteiger charge is -2.12. The molecule has 0 aromatic heterocycles. The van der Waals surface area contributed by atoms with Gasteiger partial charge in [0.05, 0.1) is 20.8 Å². The van der Waals surface area contributed by atoms with Crippen LogP contribution >= 0.6 is 11.8 Å². The molecule has 1 aromatic carbocycles. The van der Waals surface area contributed by atoms with Gasteiger partial charge in [-0.05, 0) is 12.3 Å². The van der Waals surface area contributed by atoms with Gasteiger partial charge in [-0.15, -0.1) is 0 Å². The Morgan fingerprint density at radius 2 is 1.90 bits per heavy atom. The number of nitrogens with zero attached hydrogens (tertiary/aromatic N) is 1. The summed E-state index contributed by atoms with van der Waals surface area (Å²) in [6.07, 6.45) is 1.20. The van der Waals surface area contributed by atoms with Gasteiger partial charge in [-0.2, -0.15) is 0 Å². The standard InChI is InChI=1S/C15H22N2O2S/c1-10(2)5-14-9-16-15(20-14)17-11-6-12(18-3)8-13(7-11)19-4/h6-8,10,14H,5,9H2,1-4H3,(H,16,17). The van der Waals surface area contributed by atoms with Crippen molar-refractivity contribution in [1.29, 1.82) is 0 Å². The molecule has 0 aliphatic carbocycles. The molecule has 0 saturated carbocycles. The molecule has 0 amide bonds. The Morgan fingerprint density at radius 1 is 1.25 bits per heavy atom. The van der Waals surface area contributed by atoms with Gasteiger partial charge in [0.2, 0.25) is 0 Å². The fraction of sp³-hybridized carbons (Fsp3) is 0.533. The largest absolute Gasteiger partial charge is 0.497 e. The summed E-state index contributed by atoms with van der Waals surface area (Å²) < 4.78 is 10.5. The molecule has 20 heavy (non-hydrogen) atoms. The highest BCUT2D eigenvalue weighted by Crippen LogP contribution is 2.30. The van der Waals surface area contributed by atoms with Gasteiger partial charge < -0.3 is 14.8 Å². The number of rotatable bonds is 5. The summed E-state index contributed by atoms with van der Waals surface area (Å²) in [5, 5.41) is 4.91. The maximum atomic E-state index is 5.27. The van der Waals surface area contributed by atoms with Crippen LogP contribution in [0.4, 0.5) is 5.69 Å². The number of anilines is 1. The zero-order valence-electron chi connectivity index (χ0n) is 12.5. The second-order valence-electron chi connectivity index (χ2n) is 5.24. The van der Waals surface area contributed by atoms with E-state index in [4.69, 9.17) is 9.47 Å². The Morgan fingerprint density at radius 3 is 2.45 bits per heavy atom. The molecule has 0 bridgehead atoms. The minimum absolute atomic E-state index is 0.588. The second kappa shape index (κ2) is 6.88. The molecule has 0 saturated heterocycles. The van der Waals surface area contributed by atoms with Crippen molar-refractivity contribution in [3.05, 3.63) is 18.2 Å². The monoisotopic (exact) mass is 294 g/mol. The summed E-state index contributed by atoms with van der Waals surface area (Å²) >= 11 is 1.82. The van der Waals surface area contributed by atoms with Gasteiger partial charge in [0.15, 0.2) is 5.17 Å². The molecule has 2 rings (SSSR count). The number of hydrogen-bond acceptors (Lipinski definition) is 5. The molecule has 0 fully saturated rings. The summed E-state index contributed by atoms with van der Waals surface area (Å²) in [6, 6.07) is 5.75. The van der Waals surface area contributed by atoms with Crippen molar-refractivity contribution in [3.8, 4) is 11.5 Å². The number of nitrogens with one attached hydrogen (secondary N) is 1. The smallest absolute Gasteiger partial charge is 0.161 e. The van der Waals surface area contributed by atoms with E-state index in [-0.39, 0.29) is 0 Å².